The summed E-state index contributed by atoms with van der Waals surface area (Å²) in [6.45, 7) is 2.24. The van der Waals surface area contributed by atoms with E-state index in [1.807, 2.05) is 24.6 Å². The largest absolute Gasteiger partial charge is 0.465 e. The fourth-order valence-corrected chi connectivity index (χ4v) is 2.38. The van der Waals surface area contributed by atoms with Crippen molar-refractivity contribution in [3.8, 4) is 0 Å². The molecular weight excluding hydrogens is 230 g/mol. The fourth-order valence-electron chi connectivity index (χ4n) is 2.38. The maximum absolute atomic E-state index is 12.1. The zero-order valence-corrected chi connectivity index (χ0v) is 10.5. The van der Waals surface area contributed by atoms with Crippen LogP contribution in [0, 0.1) is 0 Å². The lowest BCUT2D eigenvalue weighted by atomic mass is 10.1. The van der Waals surface area contributed by atoms with Gasteiger partial charge in [-0.15, -0.1) is 0 Å². The number of aryl methyl sites for hydroxylation is 1. The summed E-state index contributed by atoms with van der Waals surface area (Å²) in [5, 5.41) is 0. The molecule has 18 heavy (non-hydrogen) atoms. The molecule has 0 aliphatic heterocycles. The van der Waals surface area contributed by atoms with Gasteiger partial charge in [0.25, 0.3) is 0 Å². The van der Waals surface area contributed by atoms with Crippen LogP contribution in [-0.2, 0) is 22.0 Å². The predicted octanol–water partition coefficient (Wildman–Crippen LogP) is 1.56. The number of pyridine rings is 1. The lowest BCUT2D eigenvalue weighted by Crippen LogP contribution is -2.26. The van der Waals surface area contributed by atoms with Crippen molar-refractivity contribution in [2.45, 2.75) is 25.2 Å². The molecule has 0 N–H and O–H groups in total. The van der Waals surface area contributed by atoms with Crippen LogP contribution in [0.5, 0.6) is 0 Å². The molecule has 1 aliphatic rings. The Morgan fingerprint density at radius 1 is 1.56 bits per heavy atom. The van der Waals surface area contributed by atoms with Gasteiger partial charge in [0, 0.05) is 13.2 Å². The second-order valence-corrected chi connectivity index (χ2v) is 4.66. The molecule has 3 rings (SSSR count). The van der Waals surface area contributed by atoms with Gasteiger partial charge in [0.05, 0.1) is 23.8 Å². The molecule has 1 fully saturated rings. The minimum absolute atomic E-state index is 0.156. The molecule has 2 aromatic rings. The van der Waals surface area contributed by atoms with Crippen LogP contribution < -0.4 is 0 Å². The number of rotatable bonds is 3. The van der Waals surface area contributed by atoms with Gasteiger partial charge in [-0.05, 0) is 25.8 Å². The fraction of sp³-hybridized carbons (Fsp3) is 0.462. The SMILES string of the molecule is CCOC(=O)C1(c2nc3ccncc3n2C)CC1. The van der Waals surface area contributed by atoms with Gasteiger partial charge < -0.3 is 9.30 Å². The number of fused-ring (bicyclic) bond motifs is 1. The normalized spacial score (nSPS) is 16.8. The van der Waals surface area contributed by atoms with E-state index >= 15 is 0 Å². The summed E-state index contributed by atoms with van der Waals surface area (Å²) in [7, 11) is 1.92. The van der Waals surface area contributed by atoms with Gasteiger partial charge in [-0.1, -0.05) is 0 Å². The van der Waals surface area contributed by atoms with Crippen molar-refractivity contribution in [3.05, 3.63) is 24.3 Å². The molecule has 2 heterocycles. The van der Waals surface area contributed by atoms with E-state index in [4.69, 9.17) is 4.74 Å². The number of hydrogen-bond acceptors (Lipinski definition) is 4. The lowest BCUT2D eigenvalue weighted by molar-refractivity contribution is -0.146. The Kier molecular flexibility index (Phi) is 2.36. The van der Waals surface area contributed by atoms with E-state index < -0.39 is 5.41 Å². The highest BCUT2D eigenvalue weighted by atomic mass is 16.5. The number of nitrogens with zero attached hydrogens (tertiary/aromatic N) is 3. The Labute approximate surface area is 105 Å². The van der Waals surface area contributed by atoms with E-state index in [1.54, 1.807) is 12.4 Å². The van der Waals surface area contributed by atoms with E-state index in [0.717, 1.165) is 29.7 Å². The highest BCUT2D eigenvalue weighted by Gasteiger charge is 2.56. The third-order valence-electron chi connectivity index (χ3n) is 3.53. The maximum Gasteiger partial charge on any atom is 0.319 e. The Hall–Kier alpha value is -1.91. The molecule has 0 unspecified atom stereocenters. The first-order valence-corrected chi connectivity index (χ1v) is 6.13. The highest BCUT2D eigenvalue weighted by Crippen LogP contribution is 2.49. The zero-order valence-electron chi connectivity index (χ0n) is 10.5. The first-order valence-electron chi connectivity index (χ1n) is 6.13. The molecule has 0 atom stereocenters. The summed E-state index contributed by atoms with van der Waals surface area (Å²) < 4.78 is 7.12. The van der Waals surface area contributed by atoms with E-state index in [1.165, 1.54) is 0 Å². The Morgan fingerprint density at radius 3 is 2.94 bits per heavy atom. The van der Waals surface area contributed by atoms with Crippen molar-refractivity contribution in [3.63, 3.8) is 0 Å². The van der Waals surface area contributed by atoms with Crippen LogP contribution in [0.4, 0.5) is 0 Å². The summed E-state index contributed by atoms with van der Waals surface area (Å²) >= 11 is 0. The predicted molar refractivity (Wildman–Crippen MR) is 66.1 cm³/mol. The van der Waals surface area contributed by atoms with Crippen molar-refractivity contribution in [1.82, 2.24) is 14.5 Å². The summed E-state index contributed by atoms with van der Waals surface area (Å²) in [5.74, 6) is 0.639. The topological polar surface area (TPSA) is 57.0 Å². The van der Waals surface area contributed by atoms with Crippen LogP contribution in [0.15, 0.2) is 18.5 Å². The number of aromatic nitrogens is 3. The number of imidazole rings is 1. The van der Waals surface area contributed by atoms with Gasteiger partial charge in [0.15, 0.2) is 0 Å². The van der Waals surface area contributed by atoms with Crippen LogP contribution in [0.3, 0.4) is 0 Å². The van der Waals surface area contributed by atoms with Gasteiger partial charge in [-0.2, -0.15) is 0 Å². The molecule has 0 spiro atoms. The van der Waals surface area contributed by atoms with Gasteiger partial charge in [-0.25, -0.2) is 4.98 Å². The minimum Gasteiger partial charge on any atom is -0.465 e. The minimum atomic E-state index is -0.524. The van der Waals surface area contributed by atoms with Crippen molar-refractivity contribution in [1.29, 1.82) is 0 Å². The first-order chi connectivity index (χ1) is 8.69. The van der Waals surface area contributed by atoms with Crippen LogP contribution in [-0.4, -0.2) is 27.1 Å². The molecule has 0 aromatic carbocycles. The molecule has 0 bridgehead atoms. The summed E-state index contributed by atoms with van der Waals surface area (Å²) in [6.07, 6.45) is 5.11. The third-order valence-corrected chi connectivity index (χ3v) is 3.53. The maximum atomic E-state index is 12.1. The van der Waals surface area contributed by atoms with Crippen LogP contribution in [0.1, 0.15) is 25.6 Å². The standard InChI is InChI=1S/C13H15N3O2/c1-3-18-12(17)13(5-6-13)11-15-9-4-7-14-8-10(9)16(11)2/h4,7-8H,3,5-6H2,1-2H3. The smallest absolute Gasteiger partial charge is 0.319 e. The highest BCUT2D eigenvalue weighted by molar-refractivity contribution is 5.87. The second-order valence-electron chi connectivity index (χ2n) is 4.66. The number of ether oxygens (including phenoxy) is 1. The van der Waals surface area contributed by atoms with E-state index in [9.17, 15) is 4.79 Å². The van der Waals surface area contributed by atoms with E-state index in [0.29, 0.717) is 6.61 Å². The molecule has 5 heteroatoms. The lowest BCUT2D eigenvalue weighted by Gasteiger charge is -2.13. The average Bonchev–Trinajstić information content (AvgIpc) is 3.11. The van der Waals surface area contributed by atoms with Crippen LogP contribution >= 0.6 is 0 Å². The van der Waals surface area contributed by atoms with Crippen molar-refractivity contribution >= 4 is 17.0 Å². The monoisotopic (exact) mass is 245 g/mol. The van der Waals surface area contributed by atoms with E-state index in [2.05, 4.69) is 9.97 Å². The van der Waals surface area contributed by atoms with Crippen molar-refractivity contribution in [2.24, 2.45) is 7.05 Å². The molecule has 5 nitrogen and oxygen atoms in total. The Balaban J connectivity index is 2.10. The molecule has 0 radical (unpaired) electrons. The molecule has 1 saturated carbocycles. The Morgan fingerprint density at radius 2 is 2.33 bits per heavy atom. The Bertz CT molecular complexity index is 614. The number of hydrogen-bond donors (Lipinski definition) is 0. The molecule has 2 aromatic heterocycles. The zero-order chi connectivity index (χ0) is 12.8. The summed E-state index contributed by atoms with van der Waals surface area (Å²) in [4.78, 5) is 20.7. The molecular formula is C13H15N3O2. The van der Waals surface area contributed by atoms with E-state index in [-0.39, 0.29) is 5.97 Å². The molecule has 1 aliphatic carbocycles. The molecule has 0 saturated heterocycles. The average molecular weight is 245 g/mol. The molecule has 0 amide bonds. The number of carbonyl (C=O) groups excluding carboxylic acids is 1. The first kappa shape index (κ1) is 11.2. The van der Waals surface area contributed by atoms with Gasteiger partial charge >= 0.3 is 5.97 Å². The van der Waals surface area contributed by atoms with Crippen molar-refractivity contribution < 1.29 is 9.53 Å². The van der Waals surface area contributed by atoms with Gasteiger partial charge in [0.1, 0.15) is 11.2 Å². The number of esters is 1. The summed E-state index contributed by atoms with van der Waals surface area (Å²) in [6, 6.07) is 1.86. The van der Waals surface area contributed by atoms with Gasteiger partial charge in [0.2, 0.25) is 0 Å². The van der Waals surface area contributed by atoms with Gasteiger partial charge in [-0.3, -0.25) is 9.78 Å². The number of carbonyl (C=O) groups is 1. The third kappa shape index (κ3) is 1.43. The van der Waals surface area contributed by atoms with Crippen molar-refractivity contribution in [2.75, 3.05) is 6.61 Å². The van der Waals surface area contributed by atoms with Crippen LogP contribution in [0.25, 0.3) is 11.0 Å². The quantitative estimate of drug-likeness (QED) is 0.770. The van der Waals surface area contributed by atoms with Crippen LogP contribution in [0.2, 0.25) is 0 Å². The second kappa shape index (κ2) is 3.80. The summed E-state index contributed by atoms with van der Waals surface area (Å²) in [5.41, 5.74) is 1.30. The molecule has 94 valence electrons.